The first-order valence-electron chi connectivity index (χ1n) is 9.29. The highest BCUT2D eigenvalue weighted by Gasteiger charge is 2.11. The van der Waals surface area contributed by atoms with E-state index < -0.39 is 11.9 Å². The number of nitrogens with zero attached hydrogens (tertiary/aromatic N) is 1. The van der Waals surface area contributed by atoms with Crippen LogP contribution >= 0.6 is 23.2 Å². The first-order chi connectivity index (χ1) is 15.4. The Bertz CT molecular complexity index is 1210. The molecule has 32 heavy (non-hydrogen) atoms. The van der Waals surface area contributed by atoms with Crippen LogP contribution in [0, 0.1) is 11.3 Å². The van der Waals surface area contributed by atoms with E-state index in [4.69, 9.17) is 33.0 Å². The Morgan fingerprint density at radius 1 is 1.03 bits per heavy atom. The standard InChI is InChI=1S/C24H16Cl2N2O4/c25-19-6-1-15(2-7-19)14-32-22-10-3-16(12-21(22)26)11-18(13-27)23(29)28-20-8-4-17(5-9-20)24(30)31/h1-12H,14H2,(H,28,29)(H,30,31)/b18-11+. The summed E-state index contributed by atoms with van der Waals surface area (Å²) in [6.07, 6.45) is 1.40. The van der Waals surface area contributed by atoms with Crippen molar-refractivity contribution in [3.63, 3.8) is 0 Å². The number of anilines is 1. The number of nitriles is 1. The molecule has 0 heterocycles. The molecule has 0 saturated carbocycles. The number of aromatic carboxylic acids is 1. The van der Waals surface area contributed by atoms with Gasteiger partial charge in [0.2, 0.25) is 0 Å². The van der Waals surface area contributed by atoms with Crippen molar-refractivity contribution in [2.75, 3.05) is 5.32 Å². The second-order valence-corrected chi connectivity index (χ2v) is 7.46. The Balaban J connectivity index is 1.68. The van der Waals surface area contributed by atoms with Crippen LogP contribution in [0.25, 0.3) is 6.08 Å². The summed E-state index contributed by atoms with van der Waals surface area (Å²) < 4.78 is 5.72. The van der Waals surface area contributed by atoms with Gasteiger partial charge in [-0.2, -0.15) is 5.26 Å². The first-order valence-corrected chi connectivity index (χ1v) is 10.0. The lowest BCUT2D eigenvalue weighted by Gasteiger charge is -2.09. The van der Waals surface area contributed by atoms with Crippen molar-refractivity contribution in [2.45, 2.75) is 6.61 Å². The molecule has 0 fully saturated rings. The number of benzene rings is 3. The van der Waals surface area contributed by atoms with Crippen molar-refractivity contribution in [3.8, 4) is 11.8 Å². The third kappa shape index (κ3) is 6.11. The van der Waals surface area contributed by atoms with Gasteiger partial charge >= 0.3 is 5.97 Å². The number of nitrogens with one attached hydrogen (secondary N) is 1. The van der Waals surface area contributed by atoms with Gasteiger partial charge in [-0.25, -0.2) is 4.79 Å². The zero-order chi connectivity index (χ0) is 23.1. The number of carbonyl (C=O) groups excluding carboxylic acids is 1. The van der Waals surface area contributed by atoms with E-state index in [0.29, 0.717) is 33.7 Å². The van der Waals surface area contributed by atoms with Crippen molar-refractivity contribution >= 4 is 46.8 Å². The van der Waals surface area contributed by atoms with Crippen LogP contribution in [0.15, 0.2) is 72.3 Å². The number of hydrogen-bond donors (Lipinski definition) is 2. The number of rotatable bonds is 7. The van der Waals surface area contributed by atoms with Crippen LogP contribution in [-0.4, -0.2) is 17.0 Å². The van der Waals surface area contributed by atoms with E-state index in [-0.39, 0.29) is 11.1 Å². The average molecular weight is 467 g/mol. The molecule has 1 amide bonds. The van der Waals surface area contributed by atoms with Crippen LogP contribution in [-0.2, 0) is 11.4 Å². The minimum absolute atomic E-state index is 0.0899. The van der Waals surface area contributed by atoms with Gasteiger partial charge in [-0.3, -0.25) is 4.79 Å². The van der Waals surface area contributed by atoms with Gasteiger partial charge in [0.05, 0.1) is 10.6 Å². The summed E-state index contributed by atoms with van der Waals surface area (Å²) >= 11 is 12.2. The molecule has 0 aliphatic carbocycles. The summed E-state index contributed by atoms with van der Waals surface area (Å²) in [5.41, 5.74) is 1.78. The van der Waals surface area contributed by atoms with Gasteiger partial charge in [-0.15, -0.1) is 0 Å². The van der Waals surface area contributed by atoms with Gasteiger partial charge in [-0.1, -0.05) is 41.4 Å². The van der Waals surface area contributed by atoms with E-state index >= 15 is 0 Å². The molecular formula is C24H16Cl2N2O4. The highest BCUT2D eigenvalue weighted by atomic mass is 35.5. The molecule has 0 aromatic heterocycles. The minimum atomic E-state index is -1.07. The normalized spacial score (nSPS) is 10.8. The summed E-state index contributed by atoms with van der Waals surface area (Å²) in [5.74, 6) is -1.24. The third-order valence-corrected chi connectivity index (χ3v) is 4.88. The summed E-state index contributed by atoms with van der Waals surface area (Å²) in [4.78, 5) is 23.3. The fraction of sp³-hybridized carbons (Fsp3) is 0.0417. The predicted octanol–water partition coefficient (Wildman–Crippen LogP) is 5.82. The molecular weight excluding hydrogens is 451 g/mol. The quantitative estimate of drug-likeness (QED) is 0.337. The summed E-state index contributed by atoms with van der Waals surface area (Å²) in [5, 5.41) is 21.8. The lowest BCUT2D eigenvalue weighted by Crippen LogP contribution is -2.13. The number of halogens is 2. The minimum Gasteiger partial charge on any atom is -0.487 e. The van der Waals surface area contributed by atoms with Crippen molar-refractivity contribution in [1.82, 2.24) is 0 Å². The average Bonchev–Trinajstić information content (AvgIpc) is 2.78. The molecule has 6 nitrogen and oxygen atoms in total. The second-order valence-electron chi connectivity index (χ2n) is 6.61. The van der Waals surface area contributed by atoms with Gasteiger partial charge in [0, 0.05) is 10.7 Å². The molecule has 0 unspecified atom stereocenters. The summed E-state index contributed by atoms with van der Waals surface area (Å²) in [6.45, 7) is 0.304. The summed E-state index contributed by atoms with van der Waals surface area (Å²) in [6, 6.07) is 19.6. The van der Waals surface area contributed by atoms with Crippen LogP contribution in [0.5, 0.6) is 5.75 Å². The van der Waals surface area contributed by atoms with E-state index in [0.717, 1.165) is 5.56 Å². The first kappa shape index (κ1) is 22.9. The Morgan fingerprint density at radius 3 is 2.31 bits per heavy atom. The monoisotopic (exact) mass is 466 g/mol. The lowest BCUT2D eigenvalue weighted by molar-refractivity contribution is -0.112. The van der Waals surface area contributed by atoms with Crippen LogP contribution in [0.3, 0.4) is 0 Å². The molecule has 0 radical (unpaired) electrons. The van der Waals surface area contributed by atoms with Crippen LogP contribution < -0.4 is 10.1 Å². The largest absolute Gasteiger partial charge is 0.487 e. The molecule has 0 bridgehead atoms. The smallest absolute Gasteiger partial charge is 0.335 e. The van der Waals surface area contributed by atoms with Crippen molar-refractivity contribution in [1.29, 1.82) is 5.26 Å². The number of hydrogen-bond acceptors (Lipinski definition) is 4. The Labute approximate surface area is 194 Å². The molecule has 0 spiro atoms. The predicted molar refractivity (Wildman–Crippen MR) is 123 cm³/mol. The highest BCUT2D eigenvalue weighted by Crippen LogP contribution is 2.27. The molecule has 3 aromatic rings. The fourth-order valence-electron chi connectivity index (χ4n) is 2.68. The lowest BCUT2D eigenvalue weighted by atomic mass is 10.1. The molecule has 3 rings (SSSR count). The van der Waals surface area contributed by atoms with Crippen LogP contribution in [0.4, 0.5) is 5.69 Å². The SMILES string of the molecule is N#C/C(=C\c1ccc(OCc2ccc(Cl)cc2)c(Cl)c1)C(=O)Nc1ccc(C(=O)O)cc1. The number of ether oxygens (including phenoxy) is 1. The molecule has 0 aliphatic rings. The maximum atomic E-state index is 12.4. The summed E-state index contributed by atoms with van der Waals surface area (Å²) in [7, 11) is 0. The number of carboxylic acid groups (broad SMARTS) is 1. The molecule has 3 aromatic carbocycles. The van der Waals surface area contributed by atoms with E-state index in [2.05, 4.69) is 5.32 Å². The van der Waals surface area contributed by atoms with E-state index in [9.17, 15) is 14.9 Å². The van der Waals surface area contributed by atoms with Crippen molar-refractivity contribution < 1.29 is 19.4 Å². The van der Waals surface area contributed by atoms with E-state index in [1.807, 2.05) is 18.2 Å². The zero-order valence-electron chi connectivity index (χ0n) is 16.5. The van der Waals surface area contributed by atoms with Crippen LogP contribution in [0.2, 0.25) is 10.0 Å². The molecule has 0 atom stereocenters. The Kier molecular flexibility index (Phi) is 7.50. The zero-order valence-corrected chi connectivity index (χ0v) is 18.0. The second kappa shape index (κ2) is 10.5. The number of carboxylic acids is 1. The Hall–Kier alpha value is -3.79. The van der Waals surface area contributed by atoms with Gasteiger partial charge in [-0.05, 0) is 65.7 Å². The molecule has 0 aliphatic heterocycles. The Morgan fingerprint density at radius 2 is 1.72 bits per heavy atom. The maximum absolute atomic E-state index is 12.4. The van der Waals surface area contributed by atoms with Gasteiger partial charge in [0.1, 0.15) is 24.0 Å². The third-order valence-electron chi connectivity index (χ3n) is 4.33. The maximum Gasteiger partial charge on any atom is 0.335 e. The van der Waals surface area contributed by atoms with E-state index in [1.54, 1.807) is 30.3 Å². The van der Waals surface area contributed by atoms with Gasteiger partial charge in [0.15, 0.2) is 0 Å². The van der Waals surface area contributed by atoms with Gasteiger partial charge in [0.25, 0.3) is 5.91 Å². The van der Waals surface area contributed by atoms with Crippen LogP contribution in [0.1, 0.15) is 21.5 Å². The van der Waals surface area contributed by atoms with Crippen molar-refractivity contribution in [3.05, 3.63) is 99.0 Å². The number of amides is 1. The molecule has 8 heteroatoms. The molecule has 0 saturated heterocycles. The molecule has 2 N–H and O–H groups in total. The van der Waals surface area contributed by atoms with E-state index in [1.165, 1.54) is 30.3 Å². The van der Waals surface area contributed by atoms with Gasteiger partial charge < -0.3 is 15.2 Å². The topological polar surface area (TPSA) is 99.4 Å². The molecule has 160 valence electrons. The number of carbonyl (C=O) groups is 2. The highest BCUT2D eigenvalue weighted by molar-refractivity contribution is 6.32. The fourth-order valence-corrected chi connectivity index (χ4v) is 3.04. The van der Waals surface area contributed by atoms with Crippen molar-refractivity contribution in [2.24, 2.45) is 0 Å².